The lowest BCUT2D eigenvalue weighted by atomic mass is 9.94. The van der Waals surface area contributed by atoms with Crippen molar-refractivity contribution in [2.24, 2.45) is 0 Å². The molecule has 0 saturated carbocycles. The van der Waals surface area contributed by atoms with E-state index in [1.807, 2.05) is 56.3 Å². The summed E-state index contributed by atoms with van der Waals surface area (Å²) >= 11 is 5.97. The van der Waals surface area contributed by atoms with Gasteiger partial charge in [0.25, 0.3) is 0 Å². The van der Waals surface area contributed by atoms with Crippen LogP contribution in [0.2, 0.25) is 5.02 Å². The van der Waals surface area contributed by atoms with Crippen molar-refractivity contribution in [1.82, 2.24) is 10.6 Å². The summed E-state index contributed by atoms with van der Waals surface area (Å²) in [6, 6.07) is 13.0. The fraction of sp³-hybridized carbons (Fsp3) is 0.350. The average molecular weight is 377 g/mol. The van der Waals surface area contributed by atoms with Crippen LogP contribution in [0.1, 0.15) is 25.0 Å². The Hall–Kier alpha value is -2.40. The maximum atomic E-state index is 12.3. The second-order valence-corrected chi connectivity index (χ2v) is 6.89. The SMILES string of the molecule is COc1ccc(C(C)(C)NC(=O)NCCc2cccc(Cl)c2)cc1OC. The number of benzene rings is 2. The second-order valence-electron chi connectivity index (χ2n) is 6.46. The van der Waals surface area contributed by atoms with Gasteiger partial charge in [-0.3, -0.25) is 0 Å². The van der Waals surface area contributed by atoms with Crippen LogP contribution in [0, 0.1) is 0 Å². The molecule has 0 unspecified atom stereocenters. The molecule has 0 radical (unpaired) electrons. The lowest BCUT2D eigenvalue weighted by Gasteiger charge is -2.27. The van der Waals surface area contributed by atoms with Gasteiger partial charge >= 0.3 is 6.03 Å². The van der Waals surface area contributed by atoms with E-state index in [0.717, 1.165) is 11.1 Å². The highest BCUT2D eigenvalue weighted by Crippen LogP contribution is 2.31. The zero-order chi connectivity index (χ0) is 19.2. The van der Waals surface area contributed by atoms with Gasteiger partial charge < -0.3 is 20.1 Å². The molecule has 6 heteroatoms. The molecule has 2 aromatic carbocycles. The Balaban J connectivity index is 1.94. The van der Waals surface area contributed by atoms with Crippen molar-refractivity contribution in [1.29, 1.82) is 0 Å². The smallest absolute Gasteiger partial charge is 0.315 e. The van der Waals surface area contributed by atoms with Gasteiger partial charge in [-0.15, -0.1) is 0 Å². The van der Waals surface area contributed by atoms with Crippen molar-refractivity contribution in [3.05, 3.63) is 58.6 Å². The van der Waals surface area contributed by atoms with Gasteiger partial charge in [-0.05, 0) is 55.7 Å². The Bertz CT molecular complexity index is 762. The van der Waals surface area contributed by atoms with E-state index in [9.17, 15) is 4.79 Å². The van der Waals surface area contributed by atoms with Crippen LogP contribution in [0.3, 0.4) is 0 Å². The summed E-state index contributed by atoms with van der Waals surface area (Å²) < 4.78 is 10.6. The topological polar surface area (TPSA) is 59.6 Å². The van der Waals surface area contributed by atoms with Gasteiger partial charge in [-0.2, -0.15) is 0 Å². The predicted molar refractivity (Wildman–Crippen MR) is 104 cm³/mol. The molecule has 0 aliphatic rings. The molecule has 0 aliphatic carbocycles. The molecule has 26 heavy (non-hydrogen) atoms. The maximum Gasteiger partial charge on any atom is 0.315 e. The minimum Gasteiger partial charge on any atom is -0.493 e. The first-order valence-corrected chi connectivity index (χ1v) is 8.76. The Morgan fingerprint density at radius 2 is 1.81 bits per heavy atom. The van der Waals surface area contributed by atoms with Gasteiger partial charge in [0.05, 0.1) is 19.8 Å². The van der Waals surface area contributed by atoms with Crippen LogP contribution in [0.25, 0.3) is 0 Å². The number of urea groups is 1. The average Bonchev–Trinajstić information content (AvgIpc) is 2.60. The molecule has 2 N–H and O–H groups in total. The van der Waals surface area contributed by atoms with Gasteiger partial charge in [-0.25, -0.2) is 4.79 Å². The Morgan fingerprint density at radius 3 is 2.46 bits per heavy atom. The molecule has 2 rings (SSSR count). The molecular formula is C20H25ClN2O3. The van der Waals surface area contributed by atoms with E-state index in [2.05, 4.69) is 10.6 Å². The van der Waals surface area contributed by atoms with Crippen LogP contribution in [0.5, 0.6) is 11.5 Å². The molecule has 0 spiro atoms. The van der Waals surface area contributed by atoms with Crippen molar-refractivity contribution in [3.8, 4) is 11.5 Å². The molecule has 0 heterocycles. The summed E-state index contributed by atoms with van der Waals surface area (Å²) in [4.78, 5) is 12.3. The van der Waals surface area contributed by atoms with Crippen molar-refractivity contribution >= 4 is 17.6 Å². The van der Waals surface area contributed by atoms with Gasteiger partial charge in [0.2, 0.25) is 0 Å². The summed E-state index contributed by atoms with van der Waals surface area (Å²) in [5.41, 5.74) is 1.43. The number of nitrogens with one attached hydrogen (secondary N) is 2. The standard InChI is InChI=1S/C20H25ClN2O3/c1-20(2,15-8-9-17(25-3)18(13-15)26-4)23-19(24)22-11-10-14-6-5-7-16(21)12-14/h5-9,12-13H,10-11H2,1-4H3,(H2,22,23,24). The van der Waals surface area contributed by atoms with E-state index >= 15 is 0 Å². The molecule has 5 nitrogen and oxygen atoms in total. The number of methoxy groups -OCH3 is 2. The van der Waals surface area contributed by atoms with Gasteiger partial charge in [0.1, 0.15) is 0 Å². The summed E-state index contributed by atoms with van der Waals surface area (Å²) in [7, 11) is 3.18. The molecule has 0 fully saturated rings. The zero-order valence-corrected chi connectivity index (χ0v) is 16.3. The van der Waals surface area contributed by atoms with Gasteiger partial charge in [0.15, 0.2) is 11.5 Å². The van der Waals surface area contributed by atoms with Crippen LogP contribution < -0.4 is 20.1 Å². The summed E-state index contributed by atoms with van der Waals surface area (Å²) in [6.07, 6.45) is 0.713. The van der Waals surface area contributed by atoms with E-state index in [1.165, 1.54) is 0 Å². The molecule has 0 aromatic heterocycles. The summed E-state index contributed by atoms with van der Waals surface area (Å²) in [5.74, 6) is 1.28. The quantitative estimate of drug-likeness (QED) is 0.763. The normalized spacial score (nSPS) is 11.0. The van der Waals surface area contributed by atoms with Crippen LogP contribution in [0.4, 0.5) is 4.79 Å². The second kappa shape index (κ2) is 8.81. The lowest BCUT2D eigenvalue weighted by molar-refractivity contribution is 0.230. The lowest BCUT2D eigenvalue weighted by Crippen LogP contribution is -2.46. The molecule has 0 aliphatic heterocycles. The third-order valence-electron chi connectivity index (χ3n) is 4.12. The third kappa shape index (κ3) is 5.30. The minimum atomic E-state index is -0.570. The maximum absolute atomic E-state index is 12.3. The molecule has 0 saturated heterocycles. The molecular weight excluding hydrogens is 352 g/mol. The fourth-order valence-electron chi connectivity index (χ4n) is 2.64. The number of rotatable bonds is 7. The first-order chi connectivity index (χ1) is 12.4. The Kier molecular flexibility index (Phi) is 6.75. The number of halogens is 1. The van der Waals surface area contributed by atoms with Crippen LogP contribution in [-0.4, -0.2) is 26.8 Å². The molecule has 2 amide bonds. The van der Waals surface area contributed by atoms with Crippen molar-refractivity contribution < 1.29 is 14.3 Å². The van der Waals surface area contributed by atoms with Crippen LogP contribution in [-0.2, 0) is 12.0 Å². The largest absolute Gasteiger partial charge is 0.493 e. The Morgan fingerprint density at radius 1 is 1.08 bits per heavy atom. The van der Waals surface area contributed by atoms with E-state index < -0.39 is 5.54 Å². The van der Waals surface area contributed by atoms with Gasteiger partial charge in [-0.1, -0.05) is 29.8 Å². The summed E-state index contributed by atoms with van der Waals surface area (Å²) in [6.45, 7) is 4.39. The molecule has 0 atom stereocenters. The van der Waals surface area contributed by atoms with Crippen LogP contribution in [0.15, 0.2) is 42.5 Å². The number of carbonyl (C=O) groups excluding carboxylic acids is 1. The Labute approximate surface area is 159 Å². The van der Waals surface area contributed by atoms with E-state index in [1.54, 1.807) is 14.2 Å². The number of carbonyl (C=O) groups is 1. The third-order valence-corrected chi connectivity index (χ3v) is 4.35. The number of ether oxygens (including phenoxy) is 2. The fourth-order valence-corrected chi connectivity index (χ4v) is 2.85. The highest BCUT2D eigenvalue weighted by atomic mass is 35.5. The van der Waals surface area contributed by atoms with Crippen molar-refractivity contribution in [2.45, 2.75) is 25.8 Å². The number of hydrogen-bond donors (Lipinski definition) is 2. The molecule has 140 valence electrons. The summed E-state index contributed by atoms with van der Waals surface area (Å²) in [5, 5.41) is 6.56. The van der Waals surface area contributed by atoms with E-state index in [0.29, 0.717) is 29.5 Å². The monoisotopic (exact) mass is 376 g/mol. The van der Waals surface area contributed by atoms with Crippen molar-refractivity contribution in [2.75, 3.05) is 20.8 Å². The molecule has 0 bridgehead atoms. The first-order valence-electron chi connectivity index (χ1n) is 8.38. The first kappa shape index (κ1) is 19.9. The predicted octanol–water partition coefficient (Wildman–Crippen LogP) is 4.13. The molecule has 2 aromatic rings. The van der Waals surface area contributed by atoms with E-state index in [4.69, 9.17) is 21.1 Å². The minimum absolute atomic E-state index is 0.230. The number of hydrogen-bond acceptors (Lipinski definition) is 3. The van der Waals surface area contributed by atoms with Gasteiger partial charge in [0, 0.05) is 11.6 Å². The van der Waals surface area contributed by atoms with E-state index in [-0.39, 0.29) is 6.03 Å². The number of amides is 2. The highest BCUT2D eigenvalue weighted by molar-refractivity contribution is 6.30. The highest BCUT2D eigenvalue weighted by Gasteiger charge is 2.24. The zero-order valence-electron chi connectivity index (χ0n) is 15.6. The van der Waals surface area contributed by atoms with Crippen LogP contribution >= 0.6 is 11.6 Å². The van der Waals surface area contributed by atoms with Crippen molar-refractivity contribution in [3.63, 3.8) is 0 Å².